The SMILES string of the molecule is CO[C@H]1/C=C/OCC2=c3c4c(O)c(c5c3nc3cc(/C=C/N6CCN(C)CC6)ccn35)NC(=O)/C(C)=C\C=C\[C@H](C)[C@H](O)[C@@H](C)[C@@H](O)[C@@H](C)[C@H](OC(C)=O)[C@H]1C(C)C2C#CC=4O. The number of aliphatic hydroxyl groups is 3. The van der Waals surface area contributed by atoms with Crippen LogP contribution < -0.4 is 15.8 Å². The third-order valence-corrected chi connectivity index (χ3v) is 13.2. The van der Waals surface area contributed by atoms with Gasteiger partial charge in [0.05, 0.1) is 29.8 Å². The molecule has 7 rings (SSSR count). The molecule has 2 aromatic heterocycles. The van der Waals surface area contributed by atoms with Crippen molar-refractivity contribution in [2.45, 2.75) is 66.0 Å². The maximum absolute atomic E-state index is 14.0. The van der Waals surface area contributed by atoms with E-state index in [2.05, 4.69) is 40.2 Å². The van der Waals surface area contributed by atoms with Crippen molar-refractivity contribution in [2.75, 3.05) is 52.3 Å². The highest BCUT2D eigenvalue weighted by atomic mass is 16.5. The number of nitrogens with one attached hydrogen (secondary N) is 1. The molecule has 3 aliphatic heterocycles. The number of piperazine rings is 1. The lowest BCUT2D eigenvalue weighted by Crippen LogP contribution is -2.50. The minimum Gasteiger partial charge on any atom is -0.505 e. The Morgan fingerprint density at radius 1 is 1.03 bits per heavy atom. The van der Waals surface area contributed by atoms with E-state index in [1.54, 1.807) is 56.6 Å². The van der Waals surface area contributed by atoms with Crippen LogP contribution in [-0.2, 0) is 23.8 Å². The maximum Gasteiger partial charge on any atom is 0.302 e. The van der Waals surface area contributed by atoms with E-state index in [-0.39, 0.29) is 17.5 Å². The summed E-state index contributed by atoms with van der Waals surface area (Å²) in [7, 11) is 3.65. The monoisotopic (exact) mass is 849 g/mol. The number of aromatic hydroxyl groups is 1. The van der Waals surface area contributed by atoms with Gasteiger partial charge in [0.25, 0.3) is 5.91 Å². The van der Waals surface area contributed by atoms with Gasteiger partial charge >= 0.3 is 5.97 Å². The number of allylic oxidation sites excluding steroid dienone is 2. The van der Waals surface area contributed by atoms with Crippen molar-refractivity contribution in [3.8, 4) is 17.6 Å². The molecule has 1 fully saturated rings. The number of hydrogen-bond acceptors (Lipinski definition) is 12. The van der Waals surface area contributed by atoms with Gasteiger partial charge in [0.15, 0.2) is 11.5 Å². The predicted molar refractivity (Wildman–Crippen MR) is 238 cm³/mol. The molecule has 10 atom stereocenters. The summed E-state index contributed by atoms with van der Waals surface area (Å²) in [6, 6.07) is 3.86. The first-order valence-electron chi connectivity index (χ1n) is 21.4. The fourth-order valence-electron chi connectivity index (χ4n) is 9.44. The van der Waals surface area contributed by atoms with E-state index in [9.17, 15) is 30.0 Å². The van der Waals surface area contributed by atoms with Crippen LogP contribution in [0.15, 0.2) is 60.7 Å². The number of amides is 1. The highest BCUT2D eigenvalue weighted by Crippen LogP contribution is 2.41. The molecule has 14 heteroatoms. The Balaban J connectivity index is 1.53. The number of fused-ring (bicyclic) bond motifs is 6. The largest absolute Gasteiger partial charge is 0.505 e. The predicted octanol–water partition coefficient (Wildman–Crippen LogP) is 3.69. The number of phenolic OH excluding ortho intramolecular Hbond substituents is 1. The number of benzene rings is 1. The molecule has 1 saturated heterocycles. The number of imidazole rings is 1. The van der Waals surface area contributed by atoms with Crippen LogP contribution in [0.2, 0.25) is 0 Å². The summed E-state index contributed by atoms with van der Waals surface area (Å²) >= 11 is 0. The number of pyridine rings is 1. The standard InChI is InChI=1S/C48H59N5O9/c1-26-10-9-11-27(2)48(59)50-42-43-41(49-37-24-32(15-18-53(37)43)14-17-52-21-19-51(7)20-22-52)39-34-25-61-23-16-36(60-8)38(28(3)33(34)12-13-35(55)40(39)46(42)58)47(62-31(6)54)30(5)45(57)29(4)44(26)56/h9-11,14-18,23-24,26,28-30,33,36,38,44-45,47,55-58H,19-22,25H2,1-8H3,(H,50,59)/b10-9+,17-14+,23-16+,27-11-/t26-,28?,29+,30+,33?,36-,38-,44-,45+,47-/m0/s1. The van der Waals surface area contributed by atoms with E-state index in [0.717, 1.165) is 31.7 Å². The van der Waals surface area contributed by atoms with Crippen LogP contribution in [0.3, 0.4) is 0 Å². The van der Waals surface area contributed by atoms with Crippen LogP contribution in [-0.4, -0.2) is 123 Å². The second-order valence-corrected chi connectivity index (χ2v) is 17.3. The van der Waals surface area contributed by atoms with Crippen molar-refractivity contribution >= 4 is 51.7 Å². The fourth-order valence-corrected chi connectivity index (χ4v) is 9.44. The first kappa shape index (κ1) is 44.5. The molecule has 4 aliphatic rings. The molecule has 2 unspecified atom stereocenters. The van der Waals surface area contributed by atoms with Gasteiger partial charge in [0.2, 0.25) is 0 Å². The van der Waals surface area contributed by atoms with Crippen LogP contribution in [0.1, 0.15) is 47.1 Å². The molecule has 5 heterocycles. The Bertz CT molecular complexity index is 2540. The topological polar surface area (TPSA) is 179 Å². The molecule has 6 bridgehead atoms. The zero-order chi connectivity index (χ0) is 44.6. The van der Waals surface area contributed by atoms with Crippen LogP contribution >= 0.6 is 0 Å². The Kier molecular flexibility index (Phi) is 13.2. The Hall–Kier alpha value is -5.59. The average molecular weight is 850 g/mol. The van der Waals surface area contributed by atoms with E-state index >= 15 is 0 Å². The molecule has 330 valence electrons. The quantitative estimate of drug-likeness (QED) is 0.146. The van der Waals surface area contributed by atoms with E-state index in [1.807, 2.05) is 38.3 Å². The molecule has 62 heavy (non-hydrogen) atoms. The molecular weight excluding hydrogens is 791 g/mol. The number of aliphatic hydroxyl groups excluding tert-OH is 3. The zero-order valence-corrected chi connectivity index (χ0v) is 36.7. The molecule has 3 aromatic rings. The number of carbonyl (C=O) groups is 2. The Labute approximate surface area is 362 Å². The number of carbonyl (C=O) groups excluding carboxylic acids is 2. The van der Waals surface area contributed by atoms with Crippen molar-refractivity contribution in [3.05, 3.63) is 76.7 Å². The van der Waals surface area contributed by atoms with Gasteiger partial charge in [-0.3, -0.25) is 14.0 Å². The lowest BCUT2D eigenvalue weighted by atomic mass is 9.69. The number of esters is 1. The van der Waals surface area contributed by atoms with Gasteiger partial charge in [-0.15, -0.1) is 0 Å². The Morgan fingerprint density at radius 2 is 1.77 bits per heavy atom. The van der Waals surface area contributed by atoms with E-state index in [4.69, 9.17) is 19.2 Å². The Morgan fingerprint density at radius 3 is 2.48 bits per heavy atom. The number of aromatic nitrogens is 2. The number of rotatable bonds is 4. The summed E-state index contributed by atoms with van der Waals surface area (Å²) in [5.74, 6) is 0.501. The van der Waals surface area contributed by atoms with Crippen LogP contribution in [0.5, 0.6) is 5.75 Å². The summed E-state index contributed by atoms with van der Waals surface area (Å²) in [6.07, 6.45) is 10.4. The van der Waals surface area contributed by atoms with E-state index in [1.165, 1.54) is 13.2 Å². The van der Waals surface area contributed by atoms with Gasteiger partial charge in [-0.2, -0.15) is 0 Å². The highest BCUT2D eigenvalue weighted by molar-refractivity contribution is 6.10. The van der Waals surface area contributed by atoms with E-state index in [0.29, 0.717) is 33.0 Å². The highest BCUT2D eigenvalue weighted by Gasteiger charge is 2.46. The molecule has 1 amide bonds. The molecule has 5 N–H and O–H groups in total. The minimum atomic E-state index is -1.15. The normalized spacial score (nSPS) is 31.9. The van der Waals surface area contributed by atoms with Gasteiger partial charge in [0, 0.05) is 86.8 Å². The van der Waals surface area contributed by atoms with Crippen LogP contribution in [0.4, 0.5) is 5.69 Å². The molecule has 14 nitrogen and oxygen atoms in total. The number of nitrogens with zero attached hydrogens (tertiary/aromatic N) is 4. The first-order chi connectivity index (χ1) is 29.6. The third-order valence-electron chi connectivity index (χ3n) is 13.2. The molecule has 1 aliphatic carbocycles. The minimum absolute atomic E-state index is 0.0110. The zero-order valence-electron chi connectivity index (χ0n) is 36.7. The fraction of sp³-hybridized carbons (Fsp3) is 0.479. The average Bonchev–Trinajstić information content (AvgIpc) is 3.58. The summed E-state index contributed by atoms with van der Waals surface area (Å²) in [5, 5.41) is 51.1. The molecular formula is C48H59N5O9. The number of anilines is 1. The van der Waals surface area contributed by atoms with Crippen molar-refractivity contribution in [1.82, 2.24) is 19.2 Å². The van der Waals surface area contributed by atoms with Crippen molar-refractivity contribution in [3.63, 3.8) is 0 Å². The number of hydrogen-bond donors (Lipinski definition) is 5. The van der Waals surface area contributed by atoms with Gasteiger partial charge in [-0.1, -0.05) is 51.8 Å². The second-order valence-electron chi connectivity index (χ2n) is 17.3. The summed E-state index contributed by atoms with van der Waals surface area (Å²) in [6.45, 7) is 14.0. The first-order valence-corrected chi connectivity index (χ1v) is 21.4. The molecule has 1 aromatic carbocycles. The smallest absolute Gasteiger partial charge is 0.302 e. The van der Waals surface area contributed by atoms with Gasteiger partial charge in [-0.05, 0) is 67.4 Å². The van der Waals surface area contributed by atoms with Crippen molar-refractivity contribution in [1.29, 1.82) is 0 Å². The van der Waals surface area contributed by atoms with Gasteiger partial charge in [0.1, 0.15) is 35.1 Å². The summed E-state index contributed by atoms with van der Waals surface area (Å²) in [4.78, 5) is 36.7. The van der Waals surface area contributed by atoms with Crippen molar-refractivity contribution < 1.29 is 44.2 Å². The number of methoxy groups -OCH3 is 1. The maximum atomic E-state index is 14.0. The van der Waals surface area contributed by atoms with Crippen molar-refractivity contribution in [2.24, 2.45) is 35.5 Å². The summed E-state index contributed by atoms with van der Waals surface area (Å²) < 4.78 is 20.3. The van der Waals surface area contributed by atoms with Crippen LogP contribution in [0, 0.1) is 47.3 Å². The third kappa shape index (κ3) is 8.59. The number of ether oxygens (including phenoxy) is 3. The number of phenols is 1. The van der Waals surface area contributed by atoms with E-state index < -0.39 is 83.3 Å². The molecule has 0 saturated carbocycles. The lowest BCUT2D eigenvalue weighted by molar-refractivity contribution is -0.165. The molecule has 0 spiro atoms. The van der Waals surface area contributed by atoms with Gasteiger partial charge in [-0.25, -0.2) is 4.98 Å². The van der Waals surface area contributed by atoms with Gasteiger partial charge < -0.3 is 49.8 Å². The number of likely N-dealkylation sites (N-methyl/N-ethyl adjacent to an activating group) is 1. The molecule has 0 radical (unpaired) electrons. The van der Waals surface area contributed by atoms with Crippen LogP contribution in [0.25, 0.3) is 34.1 Å². The lowest BCUT2D eigenvalue weighted by Gasteiger charge is -2.42. The second kappa shape index (κ2) is 18.4. The summed E-state index contributed by atoms with van der Waals surface area (Å²) in [5.41, 5.74) is 3.06.